The van der Waals surface area contributed by atoms with Crippen LogP contribution in [0.4, 0.5) is 13.2 Å². The normalized spacial score (nSPS) is 24.9. The summed E-state index contributed by atoms with van der Waals surface area (Å²) in [5.74, 6) is -1.23. The predicted molar refractivity (Wildman–Crippen MR) is 149 cm³/mol. The Balaban J connectivity index is 1.84. The van der Waals surface area contributed by atoms with Gasteiger partial charge in [-0.3, -0.25) is 4.79 Å². The van der Waals surface area contributed by atoms with Crippen LogP contribution >= 0.6 is 0 Å². The first-order valence-corrected chi connectivity index (χ1v) is 14.4. The van der Waals surface area contributed by atoms with Gasteiger partial charge in [-0.25, -0.2) is 9.78 Å². The summed E-state index contributed by atoms with van der Waals surface area (Å²) in [7, 11) is 1.35. The highest BCUT2D eigenvalue weighted by Crippen LogP contribution is 2.49. The molecular formula is C31H40F3N3O5. The molecule has 2 aromatic rings. The monoisotopic (exact) mass is 591 g/mol. The van der Waals surface area contributed by atoms with Crippen molar-refractivity contribution in [1.29, 1.82) is 0 Å². The van der Waals surface area contributed by atoms with Gasteiger partial charge in [0, 0.05) is 36.9 Å². The molecule has 230 valence electrons. The fourth-order valence-electron chi connectivity index (χ4n) is 6.24. The van der Waals surface area contributed by atoms with E-state index >= 15 is 0 Å². The van der Waals surface area contributed by atoms with Crippen LogP contribution in [0.3, 0.4) is 0 Å². The van der Waals surface area contributed by atoms with Crippen LogP contribution in [-0.4, -0.2) is 60.3 Å². The Labute approximate surface area is 244 Å². The lowest BCUT2D eigenvalue weighted by Crippen LogP contribution is -2.51. The lowest BCUT2D eigenvalue weighted by Gasteiger charge is -2.36. The number of aromatic nitrogens is 1. The third-order valence-electron chi connectivity index (χ3n) is 8.02. The Morgan fingerprint density at radius 3 is 2.43 bits per heavy atom. The molecule has 42 heavy (non-hydrogen) atoms. The summed E-state index contributed by atoms with van der Waals surface area (Å²) in [6, 6.07) is 8.24. The number of hydrogen-bond donors (Lipinski definition) is 1. The number of halogens is 3. The van der Waals surface area contributed by atoms with Crippen molar-refractivity contribution in [1.82, 2.24) is 15.2 Å². The maximum atomic E-state index is 14.3. The number of pyridine rings is 1. The van der Waals surface area contributed by atoms with Gasteiger partial charge in [0.2, 0.25) is 5.88 Å². The molecule has 1 aromatic carbocycles. The van der Waals surface area contributed by atoms with Crippen LogP contribution < -0.4 is 10.1 Å². The number of ether oxygens (including phenoxy) is 3. The summed E-state index contributed by atoms with van der Waals surface area (Å²) in [4.78, 5) is 33.5. The minimum absolute atomic E-state index is 0.0435. The number of nitrogens with zero attached hydrogens (tertiary/aromatic N) is 2. The van der Waals surface area contributed by atoms with Gasteiger partial charge in [-0.15, -0.1) is 0 Å². The molecule has 2 aliphatic heterocycles. The van der Waals surface area contributed by atoms with Crippen LogP contribution in [-0.2, 0) is 31.8 Å². The van der Waals surface area contributed by atoms with Gasteiger partial charge >= 0.3 is 12.1 Å². The Hall–Kier alpha value is -3.18. The maximum Gasteiger partial charge on any atom is 0.417 e. The van der Waals surface area contributed by atoms with Crippen LogP contribution in [0.2, 0.25) is 0 Å². The number of carbonyl (C=O) groups is 2. The smallest absolute Gasteiger partial charge is 0.417 e. The highest BCUT2D eigenvalue weighted by Gasteiger charge is 2.59. The number of benzene rings is 1. The summed E-state index contributed by atoms with van der Waals surface area (Å²) < 4.78 is 57.4. The molecule has 0 spiro atoms. The van der Waals surface area contributed by atoms with Crippen molar-refractivity contribution < 1.29 is 37.0 Å². The highest BCUT2D eigenvalue weighted by atomic mass is 19.4. The van der Waals surface area contributed by atoms with Crippen LogP contribution in [0.1, 0.15) is 69.7 Å². The van der Waals surface area contributed by atoms with Gasteiger partial charge in [0.05, 0.1) is 25.3 Å². The van der Waals surface area contributed by atoms with Crippen LogP contribution in [0, 0.1) is 11.3 Å². The second-order valence-electron chi connectivity index (χ2n) is 11.8. The summed E-state index contributed by atoms with van der Waals surface area (Å²) in [5, 5.41) is 3.44. The first-order chi connectivity index (χ1) is 19.9. The van der Waals surface area contributed by atoms with Crippen LogP contribution in [0.5, 0.6) is 5.88 Å². The molecule has 0 aliphatic carbocycles. The van der Waals surface area contributed by atoms with Gasteiger partial charge in [0.25, 0.3) is 5.91 Å². The quantitative estimate of drug-likeness (QED) is 0.416. The maximum absolute atomic E-state index is 14.3. The van der Waals surface area contributed by atoms with Crippen LogP contribution in [0.15, 0.2) is 42.6 Å². The molecule has 3 heterocycles. The topological polar surface area (TPSA) is 90.0 Å². The lowest BCUT2D eigenvalue weighted by molar-refractivity contribution is -0.162. The number of carbonyl (C=O) groups excluding carboxylic acids is 2. The number of likely N-dealkylation sites (tertiary alicyclic amines) is 1. The van der Waals surface area contributed by atoms with Gasteiger partial charge in [0.1, 0.15) is 12.1 Å². The number of amides is 1. The minimum Gasteiger partial charge on any atom is -0.481 e. The van der Waals surface area contributed by atoms with Crippen molar-refractivity contribution in [2.75, 3.05) is 20.3 Å². The average Bonchev–Trinajstić information content (AvgIpc) is 3.32. The highest BCUT2D eigenvalue weighted by molar-refractivity contribution is 5.89. The second-order valence-corrected chi connectivity index (χ2v) is 11.8. The van der Waals surface area contributed by atoms with E-state index in [1.165, 1.54) is 7.11 Å². The van der Waals surface area contributed by atoms with Crippen molar-refractivity contribution in [3.63, 3.8) is 0 Å². The van der Waals surface area contributed by atoms with E-state index in [-0.39, 0.29) is 30.5 Å². The van der Waals surface area contributed by atoms with Crippen molar-refractivity contribution in [3.05, 3.63) is 59.3 Å². The molecular weight excluding hydrogens is 551 g/mol. The number of hydrogen-bond acceptors (Lipinski definition) is 7. The third kappa shape index (κ3) is 6.72. The molecule has 1 N–H and O–H groups in total. The zero-order chi connectivity index (χ0) is 30.7. The molecule has 4 rings (SSSR count). The molecule has 0 bridgehead atoms. The number of esters is 1. The van der Waals surface area contributed by atoms with E-state index in [0.717, 1.165) is 30.7 Å². The molecule has 5 atom stereocenters. The SMILES string of the molecule is CCOC(=O)C1C(C(C)(C)C)C(NCc2cc(C(F)(F)F)cnc2OC)C(c2ccccc2)N1C(=O)[C@H]1CCCCO1. The van der Waals surface area contributed by atoms with E-state index in [1.807, 2.05) is 51.1 Å². The number of alkyl halides is 3. The zero-order valence-corrected chi connectivity index (χ0v) is 24.7. The lowest BCUT2D eigenvalue weighted by atomic mass is 9.72. The number of methoxy groups -OCH3 is 1. The van der Waals surface area contributed by atoms with Gasteiger partial charge < -0.3 is 24.4 Å². The van der Waals surface area contributed by atoms with E-state index in [4.69, 9.17) is 14.2 Å². The van der Waals surface area contributed by atoms with E-state index in [0.29, 0.717) is 13.0 Å². The Kier molecular flexibility index (Phi) is 9.82. The molecule has 0 radical (unpaired) electrons. The average molecular weight is 592 g/mol. The number of nitrogens with one attached hydrogen (secondary N) is 1. The molecule has 1 aromatic heterocycles. The van der Waals surface area contributed by atoms with Crippen molar-refractivity contribution >= 4 is 11.9 Å². The van der Waals surface area contributed by atoms with Gasteiger partial charge in [-0.05, 0) is 43.2 Å². The van der Waals surface area contributed by atoms with E-state index in [2.05, 4.69) is 10.3 Å². The van der Waals surface area contributed by atoms with Gasteiger partial charge in [-0.2, -0.15) is 13.2 Å². The molecule has 2 fully saturated rings. The van der Waals surface area contributed by atoms with Crippen molar-refractivity contribution in [2.24, 2.45) is 11.3 Å². The Morgan fingerprint density at radius 2 is 1.86 bits per heavy atom. The second kappa shape index (κ2) is 13.0. The Morgan fingerprint density at radius 1 is 1.14 bits per heavy atom. The van der Waals surface area contributed by atoms with Crippen LogP contribution in [0.25, 0.3) is 0 Å². The van der Waals surface area contributed by atoms with E-state index in [9.17, 15) is 22.8 Å². The van der Waals surface area contributed by atoms with Gasteiger partial charge in [0.15, 0.2) is 0 Å². The predicted octanol–water partition coefficient (Wildman–Crippen LogP) is 5.31. The molecule has 11 heteroatoms. The minimum atomic E-state index is -4.58. The summed E-state index contributed by atoms with van der Waals surface area (Å²) in [6.07, 6.45) is -2.32. The van der Waals surface area contributed by atoms with E-state index in [1.54, 1.807) is 11.8 Å². The first-order valence-electron chi connectivity index (χ1n) is 14.4. The fraction of sp³-hybridized carbons (Fsp3) is 0.581. The van der Waals surface area contributed by atoms with E-state index < -0.39 is 53.3 Å². The van der Waals surface area contributed by atoms with Gasteiger partial charge in [-0.1, -0.05) is 51.1 Å². The molecule has 4 unspecified atom stereocenters. The Bertz CT molecular complexity index is 1230. The molecule has 8 nitrogen and oxygen atoms in total. The molecule has 1 amide bonds. The number of rotatable bonds is 8. The summed E-state index contributed by atoms with van der Waals surface area (Å²) in [6.45, 7) is 8.21. The van der Waals surface area contributed by atoms with Crippen molar-refractivity contribution in [3.8, 4) is 5.88 Å². The standard InChI is InChI=1S/C31H40F3N3O5/c1-6-41-29(39)26-23(30(2,3)4)24(35-17-20-16-21(31(32,33)34)18-36-27(20)40-5)25(19-12-8-7-9-13-19)37(26)28(38)22-14-10-11-15-42-22/h7-9,12-13,16,18,22-26,35H,6,10-11,14-15,17H2,1-5H3/t22-,23?,24?,25?,26?/m1/s1. The first kappa shape index (κ1) is 31.7. The zero-order valence-electron chi connectivity index (χ0n) is 24.7. The summed E-state index contributed by atoms with van der Waals surface area (Å²) in [5.41, 5.74) is -0.427. The third-order valence-corrected chi connectivity index (χ3v) is 8.02. The molecule has 2 aliphatic rings. The summed E-state index contributed by atoms with van der Waals surface area (Å²) >= 11 is 0. The fourth-order valence-corrected chi connectivity index (χ4v) is 6.24. The largest absolute Gasteiger partial charge is 0.481 e. The molecule has 0 saturated carbocycles. The molecule has 2 saturated heterocycles. The van der Waals surface area contributed by atoms with Crippen molar-refractivity contribution in [2.45, 2.75) is 83.9 Å².